The Balaban J connectivity index is 1.74. The van der Waals surface area contributed by atoms with Crippen molar-refractivity contribution in [2.24, 2.45) is 34.5 Å². The lowest BCUT2D eigenvalue weighted by atomic mass is 9.49. The van der Waals surface area contributed by atoms with Gasteiger partial charge in [0.1, 0.15) is 5.78 Å². The van der Waals surface area contributed by atoms with Gasteiger partial charge < -0.3 is 0 Å². The maximum atomic E-state index is 13.3. The van der Waals surface area contributed by atoms with E-state index < -0.39 is 12.6 Å². The van der Waals surface area contributed by atoms with Gasteiger partial charge in [0.25, 0.3) is 0 Å². The lowest BCUT2D eigenvalue weighted by Crippen LogP contribution is -2.49. The molecule has 4 aliphatic rings. The van der Waals surface area contributed by atoms with Gasteiger partial charge in [-0.3, -0.25) is 14.0 Å². The average Bonchev–Trinajstić information content (AvgIpc) is 2.79. The summed E-state index contributed by atoms with van der Waals surface area (Å²) in [5.74, 6) is 1.09. The normalized spacial score (nSPS) is 48.6. The Morgan fingerprint density at radius 2 is 1.96 bits per heavy atom. The molecule has 0 aromatic carbocycles. The SMILES string of the molecule is C[C@]12CCC(=O)C=C1C=CC1C2CC[C@]2(C)C(=O)C(CF)CC12. The summed E-state index contributed by atoms with van der Waals surface area (Å²) < 4.78 is 13.3. The van der Waals surface area contributed by atoms with Gasteiger partial charge >= 0.3 is 0 Å². The van der Waals surface area contributed by atoms with Crippen LogP contribution >= 0.6 is 0 Å². The summed E-state index contributed by atoms with van der Waals surface area (Å²) in [7, 11) is 0. The second-order valence-corrected chi connectivity index (χ2v) is 8.54. The fourth-order valence-corrected chi connectivity index (χ4v) is 6.08. The largest absolute Gasteiger partial charge is 0.299 e. The number of hydrogen-bond acceptors (Lipinski definition) is 2. The number of halogens is 1. The summed E-state index contributed by atoms with van der Waals surface area (Å²) in [4.78, 5) is 24.4. The third kappa shape index (κ3) is 1.91. The molecule has 0 heterocycles. The summed E-state index contributed by atoms with van der Waals surface area (Å²) >= 11 is 0. The molecule has 2 fully saturated rings. The van der Waals surface area contributed by atoms with E-state index >= 15 is 0 Å². The van der Waals surface area contributed by atoms with Crippen LogP contribution in [0.3, 0.4) is 0 Å². The summed E-state index contributed by atoms with van der Waals surface area (Å²) in [6.45, 7) is 3.85. The molecule has 2 nitrogen and oxygen atoms in total. The number of carbonyl (C=O) groups excluding carboxylic acids is 2. The molecule has 0 amide bonds. The number of fused-ring (bicyclic) bond motifs is 5. The first-order valence-electron chi connectivity index (χ1n) is 8.93. The fourth-order valence-electron chi connectivity index (χ4n) is 6.08. The lowest BCUT2D eigenvalue weighted by molar-refractivity contribution is -0.133. The first-order chi connectivity index (χ1) is 10.9. The van der Waals surface area contributed by atoms with Crippen LogP contribution in [-0.4, -0.2) is 18.2 Å². The van der Waals surface area contributed by atoms with E-state index in [0.29, 0.717) is 24.7 Å². The molecule has 4 unspecified atom stereocenters. The molecule has 4 aliphatic carbocycles. The lowest BCUT2D eigenvalue weighted by Gasteiger charge is -2.54. The van der Waals surface area contributed by atoms with Crippen LogP contribution in [0.15, 0.2) is 23.8 Å². The zero-order valence-electron chi connectivity index (χ0n) is 14.0. The summed E-state index contributed by atoms with van der Waals surface area (Å²) in [6, 6.07) is 0. The molecule has 0 aliphatic heterocycles. The van der Waals surface area contributed by atoms with Crippen molar-refractivity contribution in [2.75, 3.05) is 6.67 Å². The standard InChI is InChI=1S/C20H25FO2/c1-19-7-5-14(22)10-13(19)3-4-15-16(19)6-8-20(2)17(15)9-12(11-21)18(20)23/h3-4,10,12,15-17H,5-9,11H2,1-2H3/t12?,15?,16?,17?,19-,20-/m0/s1. The summed E-state index contributed by atoms with van der Waals surface area (Å²) in [6.07, 6.45) is 10.3. The van der Waals surface area contributed by atoms with E-state index in [9.17, 15) is 14.0 Å². The minimum atomic E-state index is -0.511. The highest BCUT2D eigenvalue weighted by Gasteiger charge is 2.60. The van der Waals surface area contributed by atoms with Crippen molar-refractivity contribution in [3.63, 3.8) is 0 Å². The molecule has 124 valence electrons. The summed E-state index contributed by atoms with van der Waals surface area (Å²) in [5, 5.41) is 0. The van der Waals surface area contributed by atoms with Crippen molar-refractivity contribution in [1.29, 1.82) is 0 Å². The van der Waals surface area contributed by atoms with Crippen LogP contribution in [0.5, 0.6) is 0 Å². The van der Waals surface area contributed by atoms with Gasteiger partial charge in [0.15, 0.2) is 5.78 Å². The van der Waals surface area contributed by atoms with Crippen molar-refractivity contribution in [3.05, 3.63) is 23.8 Å². The van der Waals surface area contributed by atoms with Crippen LogP contribution in [0.1, 0.15) is 46.0 Å². The number of rotatable bonds is 1. The van der Waals surface area contributed by atoms with Crippen molar-refractivity contribution in [1.82, 2.24) is 0 Å². The van der Waals surface area contributed by atoms with Gasteiger partial charge in [0, 0.05) is 17.8 Å². The molecule has 4 rings (SSSR count). The molecule has 0 N–H and O–H groups in total. The van der Waals surface area contributed by atoms with Gasteiger partial charge in [-0.25, -0.2) is 0 Å². The molecule has 0 aromatic heterocycles. The van der Waals surface area contributed by atoms with E-state index in [2.05, 4.69) is 26.0 Å². The van der Waals surface area contributed by atoms with Crippen LogP contribution in [0, 0.1) is 34.5 Å². The topological polar surface area (TPSA) is 34.1 Å². The Morgan fingerprint density at radius 1 is 1.17 bits per heavy atom. The van der Waals surface area contributed by atoms with E-state index in [1.807, 2.05) is 6.08 Å². The van der Waals surface area contributed by atoms with Crippen molar-refractivity contribution in [2.45, 2.75) is 46.0 Å². The maximum absolute atomic E-state index is 13.3. The van der Waals surface area contributed by atoms with Crippen LogP contribution < -0.4 is 0 Å². The Morgan fingerprint density at radius 3 is 2.70 bits per heavy atom. The van der Waals surface area contributed by atoms with E-state index in [1.54, 1.807) is 0 Å². The predicted molar refractivity (Wildman–Crippen MR) is 86.5 cm³/mol. The molecule has 0 bridgehead atoms. The van der Waals surface area contributed by atoms with Crippen molar-refractivity contribution in [3.8, 4) is 0 Å². The number of ketones is 2. The maximum Gasteiger partial charge on any atom is 0.156 e. The van der Waals surface area contributed by atoms with Crippen LogP contribution in [-0.2, 0) is 9.59 Å². The van der Waals surface area contributed by atoms with Crippen LogP contribution in [0.2, 0.25) is 0 Å². The third-order valence-corrected chi connectivity index (χ3v) is 7.56. The monoisotopic (exact) mass is 316 g/mol. The Kier molecular flexibility index (Phi) is 3.24. The van der Waals surface area contributed by atoms with Gasteiger partial charge in [0.2, 0.25) is 0 Å². The number of alkyl halides is 1. The smallest absolute Gasteiger partial charge is 0.156 e. The number of allylic oxidation sites excluding steroid dienone is 4. The first-order valence-corrected chi connectivity index (χ1v) is 8.93. The van der Waals surface area contributed by atoms with E-state index in [1.165, 1.54) is 5.57 Å². The van der Waals surface area contributed by atoms with Gasteiger partial charge in [-0.1, -0.05) is 26.0 Å². The minimum Gasteiger partial charge on any atom is -0.299 e. The quantitative estimate of drug-likeness (QED) is 0.731. The number of carbonyl (C=O) groups is 2. The summed E-state index contributed by atoms with van der Waals surface area (Å²) in [5.41, 5.74) is 0.875. The van der Waals surface area contributed by atoms with E-state index in [-0.39, 0.29) is 28.3 Å². The molecule has 3 heteroatoms. The highest BCUT2D eigenvalue weighted by atomic mass is 19.1. The number of hydrogen-bond donors (Lipinski definition) is 0. The Bertz CT molecular complexity index is 634. The van der Waals surface area contributed by atoms with E-state index in [4.69, 9.17) is 0 Å². The molecular formula is C20H25FO2. The molecule has 6 atom stereocenters. The highest BCUT2D eigenvalue weighted by molar-refractivity contribution is 5.92. The third-order valence-electron chi connectivity index (χ3n) is 7.56. The van der Waals surface area contributed by atoms with Crippen molar-refractivity contribution >= 4 is 11.6 Å². The van der Waals surface area contributed by atoms with Crippen LogP contribution in [0.4, 0.5) is 4.39 Å². The van der Waals surface area contributed by atoms with Gasteiger partial charge in [-0.2, -0.15) is 0 Å². The molecule has 0 spiro atoms. The predicted octanol–water partition coefficient (Wildman–Crippen LogP) is 4.06. The second-order valence-electron chi connectivity index (χ2n) is 8.54. The Labute approximate surface area is 137 Å². The van der Waals surface area contributed by atoms with Crippen molar-refractivity contribution < 1.29 is 14.0 Å². The zero-order valence-corrected chi connectivity index (χ0v) is 14.0. The van der Waals surface area contributed by atoms with E-state index in [0.717, 1.165) is 19.3 Å². The van der Waals surface area contributed by atoms with Gasteiger partial charge in [0.05, 0.1) is 6.67 Å². The highest BCUT2D eigenvalue weighted by Crippen LogP contribution is 2.63. The molecule has 0 aromatic rings. The molecule has 0 radical (unpaired) electrons. The van der Waals surface area contributed by atoms with Crippen LogP contribution in [0.25, 0.3) is 0 Å². The first kappa shape index (κ1) is 15.3. The Hall–Kier alpha value is -1.25. The molecule has 0 saturated heterocycles. The fraction of sp³-hybridized carbons (Fsp3) is 0.700. The minimum absolute atomic E-state index is 0.0471. The van der Waals surface area contributed by atoms with Gasteiger partial charge in [-0.15, -0.1) is 0 Å². The average molecular weight is 316 g/mol. The number of Topliss-reactive ketones (excluding diaryl/α,β-unsaturated/α-hetero) is 1. The van der Waals surface area contributed by atoms with Gasteiger partial charge in [-0.05, 0) is 60.5 Å². The zero-order chi connectivity index (χ0) is 16.4. The molecular weight excluding hydrogens is 291 g/mol. The molecule has 23 heavy (non-hydrogen) atoms. The second kappa shape index (κ2) is 4.87. The molecule has 2 saturated carbocycles.